The number of nitrogens with zero attached hydrogens (tertiary/aromatic N) is 8. The Morgan fingerprint density at radius 2 is 1.72 bits per heavy atom. The zero-order valence-corrected chi connectivity index (χ0v) is 18.4. The first kappa shape index (κ1) is 21.5. The molecule has 0 saturated carbocycles. The summed E-state index contributed by atoms with van der Waals surface area (Å²) in [7, 11) is 0. The number of carbonyl (C=O) groups is 1. The lowest BCUT2D eigenvalue weighted by Gasteiger charge is -2.35. The predicted molar refractivity (Wildman–Crippen MR) is 116 cm³/mol. The van der Waals surface area contributed by atoms with Crippen molar-refractivity contribution in [2.45, 2.75) is 33.0 Å². The molecule has 11 heteroatoms. The van der Waals surface area contributed by atoms with E-state index in [9.17, 15) is 4.79 Å². The van der Waals surface area contributed by atoms with Gasteiger partial charge in [0, 0.05) is 26.2 Å². The van der Waals surface area contributed by atoms with Crippen molar-refractivity contribution >= 4 is 12.0 Å². The Bertz CT molecular complexity index is 1010. The maximum Gasteiger partial charge on any atom is 0.410 e. The molecule has 1 aliphatic heterocycles. The van der Waals surface area contributed by atoms with E-state index in [1.54, 1.807) is 28.3 Å². The second-order valence-corrected chi connectivity index (χ2v) is 8.38. The Morgan fingerprint density at radius 3 is 2.31 bits per heavy atom. The van der Waals surface area contributed by atoms with Gasteiger partial charge in [-0.15, -0.1) is 5.10 Å². The van der Waals surface area contributed by atoms with Crippen molar-refractivity contribution in [3.63, 3.8) is 0 Å². The molecule has 0 spiro atoms. The van der Waals surface area contributed by atoms with Gasteiger partial charge >= 0.3 is 6.09 Å². The second-order valence-electron chi connectivity index (χ2n) is 8.38. The number of benzene rings is 1. The largest absolute Gasteiger partial charge is 0.486 e. The van der Waals surface area contributed by atoms with E-state index in [4.69, 9.17) is 9.47 Å². The minimum Gasteiger partial charge on any atom is -0.486 e. The molecule has 0 N–H and O–H groups in total. The van der Waals surface area contributed by atoms with Crippen molar-refractivity contribution in [3.8, 4) is 11.4 Å². The Balaban J connectivity index is 1.26. The van der Waals surface area contributed by atoms with Crippen LogP contribution in [-0.2, 0) is 11.3 Å². The van der Waals surface area contributed by atoms with Crippen LogP contribution in [0.3, 0.4) is 0 Å². The van der Waals surface area contributed by atoms with E-state index in [2.05, 4.69) is 25.5 Å². The van der Waals surface area contributed by atoms with E-state index >= 15 is 0 Å². The van der Waals surface area contributed by atoms with E-state index in [0.717, 1.165) is 11.3 Å². The molecule has 0 aliphatic carbocycles. The van der Waals surface area contributed by atoms with Gasteiger partial charge in [-0.2, -0.15) is 0 Å². The molecule has 11 nitrogen and oxygen atoms in total. The first-order chi connectivity index (χ1) is 15.4. The van der Waals surface area contributed by atoms with Crippen LogP contribution in [0.15, 0.2) is 43.0 Å². The van der Waals surface area contributed by atoms with Crippen LogP contribution in [0.25, 0.3) is 5.69 Å². The number of carbonyl (C=O) groups excluding carboxylic acids is 1. The normalized spacial score (nSPS) is 14.3. The summed E-state index contributed by atoms with van der Waals surface area (Å²) in [4.78, 5) is 24.8. The van der Waals surface area contributed by atoms with Crippen molar-refractivity contribution in [3.05, 3.63) is 48.5 Å². The summed E-state index contributed by atoms with van der Waals surface area (Å²) in [6, 6.07) is 7.75. The standard InChI is InChI=1S/C21H26N8O3/c1-21(2,3)32-20(30)28-10-8-27(9-11-28)19-22-12-18(13-23-19)31-14-16-4-6-17(7-5-16)29-15-24-25-26-29/h4-7,12-13,15H,8-11,14H2,1-3H3. The lowest BCUT2D eigenvalue weighted by atomic mass is 10.2. The van der Waals surface area contributed by atoms with E-state index < -0.39 is 5.60 Å². The number of anilines is 1. The predicted octanol–water partition coefficient (Wildman–Crippen LogP) is 2.09. The van der Waals surface area contributed by atoms with Crippen molar-refractivity contribution in [1.82, 2.24) is 35.1 Å². The first-order valence-electron chi connectivity index (χ1n) is 10.4. The zero-order valence-electron chi connectivity index (χ0n) is 18.4. The molecule has 4 rings (SSSR count). The number of amides is 1. The van der Waals surface area contributed by atoms with Crippen LogP contribution in [-0.4, -0.2) is 72.9 Å². The van der Waals surface area contributed by atoms with Gasteiger partial charge in [-0.25, -0.2) is 19.4 Å². The Labute approximate surface area is 186 Å². The summed E-state index contributed by atoms with van der Waals surface area (Å²) in [5.74, 6) is 1.21. The summed E-state index contributed by atoms with van der Waals surface area (Å²) >= 11 is 0. The van der Waals surface area contributed by atoms with Gasteiger partial charge in [0.05, 0.1) is 18.1 Å². The monoisotopic (exact) mass is 438 g/mol. The number of rotatable bonds is 5. The van der Waals surface area contributed by atoms with Crippen molar-refractivity contribution < 1.29 is 14.3 Å². The van der Waals surface area contributed by atoms with Crippen LogP contribution in [0.1, 0.15) is 26.3 Å². The fraction of sp³-hybridized carbons (Fsp3) is 0.429. The molecule has 3 heterocycles. The molecule has 32 heavy (non-hydrogen) atoms. The van der Waals surface area contributed by atoms with Gasteiger partial charge < -0.3 is 19.3 Å². The third-order valence-corrected chi connectivity index (χ3v) is 4.78. The number of hydrogen-bond donors (Lipinski definition) is 0. The zero-order chi connectivity index (χ0) is 22.6. The summed E-state index contributed by atoms with van der Waals surface area (Å²) < 4.78 is 12.8. The molecule has 0 bridgehead atoms. The Hall–Kier alpha value is -3.76. The molecule has 0 unspecified atom stereocenters. The Morgan fingerprint density at radius 1 is 1.03 bits per heavy atom. The minimum atomic E-state index is -0.496. The quantitative estimate of drug-likeness (QED) is 0.591. The van der Waals surface area contributed by atoms with Crippen LogP contribution in [0.2, 0.25) is 0 Å². The molecule has 0 radical (unpaired) electrons. The van der Waals surface area contributed by atoms with Crippen molar-refractivity contribution in [2.24, 2.45) is 0 Å². The van der Waals surface area contributed by atoms with Crippen molar-refractivity contribution in [1.29, 1.82) is 0 Å². The molecule has 1 amide bonds. The van der Waals surface area contributed by atoms with Crippen LogP contribution < -0.4 is 9.64 Å². The van der Waals surface area contributed by atoms with Gasteiger partial charge in [0.25, 0.3) is 0 Å². The third kappa shape index (κ3) is 5.48. The van der Waals surface area contributed by atoms with E-state index in [1.807, 2.05) is 49.9 Å². The summed E-state index contributed by atoms with van der Waals surface area (Å²) in [5, 5.41) is 11.1. The van der Waals surface area contributed by atoms with Gasteiger partial charge in [-0.05, 0) is 48.9 Å². The first-order valence-corrected chi connectivity index (χ1v) is 10.4. The van der Waals surface area contributed by atoms with Crippen LogP contribution >= 0.6 is 0 Å². The molecule has 2 aromatic heterocycles. The molecule has 1 aliphatic rings. The fourth-order valence-corrected chi connectivity index (χ4v) is 3.15. The molecular formula is C21H26N8O3. The molecule has 1 aromatic carbocycles. The highest BCUT2D eigenvalue weighted by Crippen LogP contribution is 2.17. The number of ether oxygens (including phenoxy) is 2. The van der Waals surface area contributed by atoms with Crippen LogP contribution in [0, 0.1) is 0 Å². The summed E-state index contributed by atoms with van der Waals surface area (Å²) in [6.07, 6.45) is 4.59. The average molecular weight is 438 g/mol. The summed E-state index contributed by atoms with van der Waals surface area (Å²) in [6.45, 7) is 8.42. The smallest absolute Gasteiger partial charge is 0.410 e. The fourth-order valence-electron chi connectivity index (χ4n) is 3.15. The highest BCUT2D eigenvalue weighted by molar-refractivity contribution is 5.68. The maximum atomic E-state index is 12.2. The van der Waals surface area contributed by atoms with Gasteiger partial charge in [0.1, 0.15) is 18.5 Å². The number of hydrogen-bond acceptors (Lipinski definition) is 9. The van der Waals surface area contributed by atoms with E-state index in [-0.39, 0.29) is 6.09 Å². The molecule has 1 saturated heterocycles. The molecule has 3 aromatic rings. The molecule has 1 fully saturated rings. The second kappa shape index (κ2) is 9.16. The van der Waals surface area contributed by atoms with E-state index in [0.29, 0.717) is 44.5 Å². The Kier molecular flexibility index (Phi) is 6.15. The van der Waals surface area contributed by atoms with Gasteiger partial charge in [-0.3, -0.25) is 0 Å². The minimum absolute atomic E-state index is 0.284. The number of tetrazole rings is 1. The van der Waals surface area contributed by atoms with Gasteiger partial charge in [-0.1, -0.05) is 12.1 Å². The van der Waals surface area contributed by atoms with Crippen LogP contribution in [0.4, 0.5) is 10.7 Å². The lowest BCUT2D eigenvalue weighted by molar-refractivity contribution is 0.0240. The maximum absolute atomic E-state index is 12.2. The summed E-state index contributed by atoms with van der Waals surface area (Å²) in [5.41, 5.74) is 1.38. The topological polar surface area (TPSA) is 111 Å². The third-order valence-electron chi connectivity index (χ3n) is 4.78. The van der Waals surface area contributed by atoms with Gasteiger partial charge in [0.15, 0.2) is 5.75 Å². The number of piperazine rings is 1. The number of aromatic nitrogens is 6. The molecule has 0 atom stereocenters. The van der Waals surface area contributed by atoms with Crippen molar-refractivity contribution in [2.75, 3.05) is 31.1 Å². The van der Waals surface area contributed by atoms with E-state index in [1.165, 1.54) is 0 Å². The lowest BCUT2D eigenvalue weighted by Crippen LogP contribution is -2.50. The molecule has 168 valence electrons. The van der Waals surface area contributed by atoms with Gasteiger partial charge in [0.2, 0.25) is 5.95 Å². The van der Waals surface area contributed by atoms with Crippen LogP contribution in [0.5, 0.6) is 5.75 Å². The average Bonchev–Trinajstić information content (AvgIpc) is 3.32. The SMILES string of the molecule is CC(C)(C)OC(=O)N1CCN(c2ncc(OCc3ccc(-n4cnnn4)cc3)cn2)CC1. The highest BCUT2D eigenvalue weighted by atomic mass is 16.6. The highest BCUT2D eigenvalue weighted by Gasteiger charge is 2.26. The molecular weight excluding hydrogens is 412 g/mol.